The second-order valence-corrected chi connectivity index (χ2v) is 9.92. The molecule has 0 unspecified atom stereocenters. The summed E-state index contributed by atoms with van der Waals surface area (Å²) in [5.74, 6) is -1.14. The average molecular weight is 461 g/mol. The minimum absolute atomic E-state index is 0.154. The summed E-state index contributed by atoms with van der Waals surface area (Å²) in [7, 11) is 3.10. The SMILES string of the molecule is CC(=O)N[C@@H](CSSCCCCCCCCCCC(=O)N1C(=O)CCC1=O)C(=O)O. The second kappa shape index (κ2) is 15.3. The molecule has 170 valence electrons. The third kappa shape index (κ3) is 11.0. The smallest absolute Gasteiger partial charge is 0.327 e. The van der Waals surface area contributed by atoms with Crippen LogP contribution in [0.2, 0.25) is 0 Å². The Morgan fingerprint density at radius 1 is 0.933 bits per heavy atom. The first-order chi connectivity index (χ1) is 14.3. The maximum absolute atomic E-state index is 11.9. The largest absolute Gasteiger partial charge is 0.480 e. The first-order valence-electron chi connectivity index (χ1n) is 10.5. The number of unbranched alkanes of at least 4 members (excludes halogenated alkanes) is 7. The van der Waals surface area contributed by atoms with Crippen LogP contribution in [0.4, 0.5) is 0 Å². The molecule has 1 atom stereocenters. The fourth-order valence-corrected chi connectivity index (χ4v) is 5.36. The Bertz CT molecular complexity index is 598. The molecule has 0 bridgehead atoms. The van der Waals surface area contributed by atoms with Crippen molar-refractivity contribution in [2.75, 3.05) is 11.5 Å². The van der Waals surface area contributed by atoms with E-state index in [0.29, 0.717) is 12.2 Å². The number of nitrogens with one attached hydrogen (secondary N) is 1. The van der Waals surface area contributed by atoms with Crippen LogP contribution in [-0.2, 0) is 24.0 Å². The standard InChI is InChI=1S/C20H32N2O6S2/c1-15(23)21-16(20(27)28)14-30-29-13-9-7-5-3-2-4-6-8-10-17(24)22-18(25)11-12-19(22)26/h16H,2-14H2,1H3,(H,21,23)(H,27,28)/t16-/m0/s1. The average Bonchev–Trinajstić information content (AvgIpc) is 3.02. The summed E-state index contributed by atoms with van der Waals surface area (Å²) in [6.07, 6.45) is 8.83. The Morgan fingerprint density at radius 3 is 2.00 bits per heavy atom. The van der Waals surface area contributed by atoms with Crippen molar-refractivity contribution in [3.05, 3.63) is 0 Å². The van der Waals surface area contributed by atoms with Gasteiger partial charge >= 0.3 is 5.97 Å². The Hall–Kier alpha value is -1.55. The fourth-order valence-electron chi connectivity index (χ4n) is 3.06. The van der Waals surface area contributed by atoms with Crippen molar-refractivity contribution in [3.8, 4) is 0 Å². The minimum atomic E-state index is -1.01. The third-order valence-electron chi connectivity index (χ3n) is 4.66. The van der Waals surface area contributed by atoms with Gasteiger partial charge in [0.05, 0.1) is 0 Å². The van der Waals surface area contributed by atoms with E-state index in [1.165, 1.54) is 17.7 Å². The summed E-state index contributed by atoms with van der Waals surface area (Å²) in [6, 6.07) is -0.841. The molecular formula is C20H32N2O6S2. The fraction of sp³-hybridized carbons (Fsp3) is 0.750. The van der Waals surface area contributed by atoms with E-state index < -0.39 is 12.0 Å². The zero-order valence-corrected chi connectivity index (χ0v) is 19.2. The molecule has 30 heavy (non-hydrogen) atoms. The lowest BCUT2D eigenvalue weighted by atomic mass is 10.1. The van der Waals surface area contributed by atoms with Gasteiger partial charge in [0.1, 0.15) is 6.04 Å². The molecule has 0 aliphatic carbocycles. The molecule has 1 fully saturated rings. The number of aliphatic carboxylic acids is 1. The van der Waals surface area contributed by atoms with Gasteiger partial charge in [-0.25, -0.2) is 9.69 Å². The number of rotatable bonds is 16. The summed E-state index contributed by atoms with van der Waals surface area (Å²) in [4.78, 5) is 57.6. The highest BCUT2D eigenvalue weighted by atomic mass is 33.1. The molecule has 1 rings (SSSR count). The monoisotopic (exact) mass is 460 g/mol. The van der Waals surface area contributed by atoms with Crippen LogP contribution in [0.1, 0.15) is 77.6 Å². The van der Waals surface area contributed by atoms with E-state index >= 15 is 0 Å². The number of carboxylic acids is 1. The minimum Gasteiger partial charge on any atom is -0.480 e. The molecule has 1 saturated heterocycles. The summed E-state index contributed by atoms with van der Waals surface area (Å²) < 4.78 is 0. The van der Waals surface area contributed by atoms with Gasteiger partial charge in [-0.2, -0.15) is 0 Å². The molecule has 1 aliphatic rings. The number of carbonyl (C=O) groups excluding carboxylic acids is 4. The molecule has 0 radical (unpaired) electrons. The molecule has 10 heteroatoms. The Kier molecular flexibility index (Phi) is 13.5. The van der Waals surface area contributed by atoms with Crippen molar-refractivity contribution in [1.29, 1.82) is 0 Å². The number of hydrogen-bond acceptors (Lipinski definition) is 7. The zero-order chi connectivity index (χ0) is 22.4. The highest BCUT2D eigenvalue weighted by Crippen LogP contribution is 2.24. The number of imide groups is 3. The van der Waals surface area contributed by atoms with Crippen LogP contribution in [0.5, 0.6) is 0 Å². The molecule has 1 heterocycles. The molecule has 4 amide bonds. The summed E-state index contributed by atoms with van der Waals surface area (Å²) in [5, 5.41) is 11.4. The van der Waals surface area contributed by atoms with Gasteiger partial charge in [0.25, 0.3) is 0 Å². The van der Waals surface area contributed by atoms with Gasteiger partial charge in [0.15, 0.2) is 0 Å². The number of amides is 4. The van der Waals surface area contributed by atoms with Gasteiger partial charge < -0.3 is 10.4 Å². The number of likely N-dealkylation sites (tertiary alicyclic amines) is 1. The number of carboxylic acid groups (broad SMARTS) is 1. The number of carbonyl (C=O) groups is 5. The molecule has 0 aromatic carbocycles. The van der Waals surface area contributed by atoms with E-state index in [0.717, 1.165) is 55.6 Å². The van der Waals surface area contributed by atoms with Crippen LogP contribution in [0.15, 0.2) is 0 Å². The van der Waals surface area contributed by atoms with Crippen molar-refractivity contribution < 1.29 is 29.1 Å². The van der Waals surface area contributed by atoms with Gasteiger partial charge in [0.2, 0.25) is 23.6 Å². The maximum Gasteiger partial charge on any atom is 0.327 e. The van der Waals surface area contributed by atoms with Gasteiger partial charge in [-0.05, 0) is 12.8 Å². The molecule has 1 aliphatic heterocycles. The Balaban J connectivity index is 1.90. The molecule has 8 nitrogen and oxygen atoms in total. The highest BCUT2D eigenvalue weighted by molar-refractivity contribution is 8.76. The number of hydrogen-bond donors (Lipinski definition) is 2. The predicted molar refractivity (Wildman–Crippen MR) is 118 cm³/mol. The van der Waals surface area contributed by atoms with Crippen LogP contribution in [0, 0.1) is 0 Å². The van der Waals surface area contributed by atoms with Crippen LogP contribution in [0.25, 0.3) is 0 Å². The van der Waals surface area contributed by atoms with E-state index in [4.69, 9.17) is 5.11 Å². The van der Waals surface area contributed by atoms with Crippen molar-refractivity contribution in [1.82, 2.24) is 10.2 Å². The molecule has 0 aromatic heterocycles. The van der Waals surface area contributed by atoms with E-state index in [2.05, 4.69) is 5.32 Å². The highest BCUT2D eigenvalue weighted by Gasteiger charge is 2.33. The predicted octanol–water partition coefficient (Wildman–Crippen LogP) is 3.14. The molecule has 2 N–H and O–H groups in total. The number of nitrogens with zero attached hydrogens (tertiary/aromatic N) is 1. The van der Waals surface area contributed by atoms with Gasteiger partial charge in [-0.15, -0.1) is 0 Å². The molecular weight excluding hydrogens is 428 g/mol. The lowest BCUT2D eigenvalue weighted by Gasteiger charge is -2.12. The van der Waals surface area contributed by atoms with Crippen molar-refractivity contribution in [3.63, 3.8) is 0 Å². The quantitative estimate of drug-likeness (QED) is 0.205. The second-order valence-electron chi connectivity index (χ2n) is 7.29. The molecule has 0 aromatic rings. The third-order valence-corrected chi connectivity index (χ3v) is 7.16. The van der Waals surface area contributed by atoms with Gasteiger partial charge in [-0.1, -0.05) is 60.1 Å². The summed E-state index contributed by atoms with van der Waals surface area (Å²) in [5.41, 5.74) is 0. The van der Waals surface area contributed by atoms with Crippen molar-refractivity contribution >= 4 is 51.2 Å². The van der Waals surface area contributed by atoms with Crippen LogP contribution < -0.4 is 5.32 Å². The topological polar surface area (TPSA) is 121 Å². The zero-order valence-electron chi connectivity index (χ0n) is 17.5. The Morgan fingerprint density at radius 2 is 1.47 bits per heavy atom. The van der Waals surface area contributed by atoms with Crippen LogP contribution in [-0.4, -0.2) is 57.2 Å². The maximum atomic E-state index is 11.9. The molecule has 0 spiro atoms. The lowest BCUT2D eigenvalue weighted by molar-refractivity contribution is -0.149. The van der Waals surface area contributed by atoms with Gasteiger partial charge in [0, 0.05) is 37.7 Å². The van der Waals surface area contributed by atoms with Crippen molar-refractivity contribution in [2.24, 2.45) is 0 Å². The van der Waals surface area contributed by atoms with E-state index in [1.807, 2.05) is 0 Å². The van der Waals surface area contributed by atoms with Crippen LogP contribution >= 0.6 is 21.6 Å². The van der Waals surface area contributed by atoms with E-state index in [-0.39, 0.29) is 42.9 Å². The summed E-state index contributed by atoms with van der Waals surface area (Å²) >= 11 is 0. The van der Waals surface area contributed by atoms with Gasteiger partial charge in [-0.3, -0.25) is 19.2 Å². The van der Waals surface area contributed by atoms with Crippen molar-refractivity contribution in [2.45, 2.75) is 83.6 Å². The molecule has 0 saturated carbocycles. The lowest BCUT2D eigenvalue weighted by Crippen LogP contribution is -2.41. The first kappa shape index (κ1) is 26.5. The first-order valence-corrected chi connectivity index (χ1v) is 12.9. The normalized spacial score (nSPS) is 14.8. The van der Waals surface area contributed by atoms with Crippen LogP contribution in [0.3, 0.4) is 0 Å². The summed E-state index contributed by atoms with van der Waals surface area (Å²) in [6.45, 7) is 1.31. The Labute approximate surface area is 185 Å². The van der Waals surface area contributed by atoms with E-state index in [1.54, 1.807) is 10.8 Å². The van der Waals surface area contributed by atoms with E-state index in [9.17, 15) is 24.0 Å².